The van der Waals surface area contributed by atoms with E-state index in [9.17, 15) is 0 Å². The summed E-state index contributed by atoms with van der Waals surface area (Å²) < 4.78 is 7.66. The van der Waals surface area contributed by atoms with Gasteiger partial charge < -0.3 is 9.40 Å². The Morgan fingerprint density at radius 3 is 3.04 bits per heavy atom. The molecule has 26 heavy (non-hydrogen) atoms. The molecule has 4 heterocycles. The molecule has 5 rings (SSSR count). The van der Waals surface area contributed by atoms with Gasteiger partial charge in [-0.05, 0) is 23.7 Å². The maximum absolute atomic E-state index is 6.44. The van der Waals surface area contributed by atoms with Crippen LogP contribution in [0.25, 0.3) is 11.0 Å². The summed E-state index contributed by atoms with van der Waals surface area (Å²) in [5, 5.41) is 5.88. The number of hydrogen-bond donors (Lipinski definition) is 1. The van der Waals surface area contributed by atoms with E-state index in [0.717, 1.165) is 40.9 Å². The number of halogens is 1. The maximum atomic E-state index is 6.44. The van der Waals surface area contributed by atoms with Crippen LogP contribution in [0, 0.1) is 0 Å². The summed E-state index contributed by atoms with van der Waals surface area (Å²) >= 11 is 6.44. The van der Waals surface area contributed by atoms with E-state index < -0.39 is 0 Å². The molecule has 1 aliphatic rings. The lowest BCUT2D eigenvalue weighted by Gasteiger charge is -2.34. The summed E-state index contributed by atoms with van der Waals surface area (Å²) in [6.07, 6.45) is 4.53. The molecule has 7 heteroatoms. The molecule has 4 aromatic rings. The number of aromatic amines is 1. The smallest absolute Gasteiger partial charge is 0.199 e. The first-order chi connectivity index (χ1) is 12.7. The van der Waals surface area contributed by atoms with Gasteiger partial charge in [-0.25, -0.2) is 4.98 Å². The number of nitrogens with zero attached hydrogens (tertiary/aromatic N) is 4. The molecule has 0 amide bonds. The monoisotopic (exact) mass is 367 g/mol. The fourth-order valence-electron chi connectivity index (χ4n) is 3.89. The lowest BCUT2D eigenvalue weighted by Crippen LogP contribution is -2.36. The van der Waals surface area contributed by atoms with E-state index in [1.165, 1.54) is 5.69 Å². The van der Waals surface area contributed by atoms with E-state index in [1.54, 1.807) is 6.33 Å². The van der Waals surface area contributed by atoms with Crippen molar-refractivity contribution in [1.82, 2.24) is 24.6 Å². The Kier molecular flexibility index (Phi) is 3.62. The summed E-state index contributed by atoms with van der Waals surface area (Å²) in [5.74, 6) is 0. The SMILES string of the molecule is Cn1nccc1C1c2nc[nH]c2CCN1Cc1c(Cl)oc2ccccc12. The Balaban J connectivity index is 1.59. The first kappa shape index (κ1) is 15.7. The molecule has 0 saturated heterocycles. The van der Waals surface area contributed by atoms with Gasteiger partial charge in [-0.2, -0.15) is 5.10 Å². The van der Waals surface area contributed by atoms with Gasteiger partial charge in [0.2, 0.25) is 0 Å². The second kappa shape index (κ2) is 6.00. The number of nitrogens with one attached hydrogen (secondary N) is 1. The first-order valence-electron chi connectivity index (χ1n) is 8.62. The van der Waals surface area contributed by atoms with Gasteiger partial charge in [0, 0.05) is 49.4 Å². The minimum Gasteiger partial charge on any atom is -0.444 e. The van der Waals surface area contributed by atoms with Crippen molar-refractivity contribution >= 4 is 22.6 Å². The van der Waals surface area contributed by atoms with E-state index in [0.29, 0.717) is 11.8 Å². The van der Waals surface area contributed by atoms with Crippen molar-refractivity contribution in [2.45, 2.75) is 19.0 Å². The third-order valence-electron chi connectivity index (χ3n) is 5.17. The standard InChI is InChI=1S/C19H18ClN5O/c1-24-15(6-8-23-24)18-17-14(21-11-22-17)7-9-25(18)10-13-12-4-2-3-5-16(12)26-19(13)20/h2-6,8,11,18H,7,9-10H2,1H3,(H,21,22). The highest BCUT2D eigenvalue weighted by Gasteiger charge is 2.33. The minimum atomic E-state index is 0.0298. The van der Waals surface area contributed by atoms with Crippen LogP contribution in [-0.2, 0) is 20.0 Å². The van der Waals surface area contributed by atoms with Crippen LogP contribution >= 0.6 is 11.6 Å². The quantitative estimate of drug-likeness (QED) is 0.600. The molecule has 0 spiro atoms. The topological polar surface area (TPSA) is 62.9 Å². The Morgan fingerprint density at radius 1 is 1.31 bits per heavy atom. The van der Waals surface area contributed by atoms with Crippen LogP contribution in [0.1, 0.15) is 28.7 Å². The van der Waals surface area contributed by atoms with Crippen LogP contribution in [0.2, 0.25) is 5.22 Å². The van der Waals surface area contributed by atoms with Crippen molar-refractivity contribution in [3.8, 4) is 0 Å². The molecule has 1 unspecified atom stereocenters. The van der Waals surface area contributed by atoms with Gasteiger partial charge in [0.15, 0.2) is 5.22 Å². The molecular weight excluding hydrogens is 350 g/mol. The van der Waals surface area contributed by atoms with Crippen LogP contribution in [0.5, 0.6) is 0 Å². The van der Waals surface area contributed by atoms with Gasteiger partial charge >= 0.3 is 0 Å². The summed E-state index contributed by atoms with van der Waals surface area (Å²) in [5.41, 5.74) is 5.21. The number of aryl methyl sites for hydroxylation is 1. The zero-order valence-corrected chi connectivity index (χ0v) is 15.1. The highest BCUT2D eigenvalue weighted by molar-refractivity contribution is 6.30. The molecule has 3 aromatic heterocycles. The largest absolute Gasteiger partial charge is 0.444 e. The predicted octanol–water partition coefficient (Wildman–Crippen LogP) is 3.69. The van der Waals surface area contributed by atoms with Gasteiger partial charge in [-0.15, -0.1) is 0 Å². The van der Waals surface area contributed by atoms with Gasteiger partial charge in [-0.1, -0.05) is 18.2 Å². The highest BCUT2D eigenvalue weighted by atomic mass is 35.5. The van der Waals surface area contributed by atoms with Crippen molar-refractivity contribution in [2.75, 3.05) is 6.54 Å². The zero-order chi connectivity index (χ0) is 17.7. The van der Waals surface area contributed by atoms with Crippen LogP contribution in [0.4, 0.5) is 0 Å². The summed E-state index contributed by atoms with van der Waals surface area (Å²) in [6, 6.07) is 10.1. The van der Waals surface area contributed by atoms with Crippen LogP contribution in [0.3, 0.4) is 0 Å². The summed E-state index contributed by atoms with van der Waals surface area (Å²) in [7, 11) is 1.97. The van der Waals surface area contributed by atoms with E-state index in [2.05, 4.69) is 32.1 Å². The van der Waals surface area contributed by atoms with Crippen LogP contribution < -0.4 is 0 Å². The third kappa shape index (κ3) is 2.37. The Bertz CT molecular complexity index is 1080. The number of benzene rings is 1. The molecule has 132 valence electrons. The summed E-state index contributed by atoms with van der Waals surface area (Å²) in [6.45, 7) is 1.60. The van der Waals surface area contributed by atoms with Crippen LogP contribution in [0.15, 0.2) is 47.3 Å². The Labute approximate surface area is 155 Å². The minimum absolute atomic E-state index is 0.0298. The molecule has 1 atom stereocenters. The molecule has 1 aromatic carbocycles. The third-order valence-corrected chi connectivity index (χ3v) is 5.48. The molecule has 0 saturated carbocycles. The van der Waals surface area contributed by atoms with E-state index in [-0.39, 0.29) is 6.04 Å². The average Bonchev–Trinajstić information content (AvgIpc) is 3.35. The molecule has 6 nitrogen and oxygen atoms in total. The molecular formula is C19H18ClN5O. The molecule has 0 aliphatic carbocycles. The van der Waals surface area contributed by atoms with E-state index in [4.69, 9.17) is 16.0 Å². The second-order valence-corrected chi connectivity index (χ2v) is 6.96. The summed E-state index contributed by atoms with van der Waals surface area (Å²) in [4.78, 5) is 10.3. The molecule has 0 fully saturated rings. The number of fused-ring (bicyclic) bond motifs is 2. The van der Waals surface area contributed by atoms with Crippen molar-refractivity contribution in [1.29, 1.82) is 0 Å². The number of hydrogen-bond acceptors (Lipinski definition) is 4. The molecule has 0 radical (unpaired) electrons. The van der Waals surface area contributed by atoms with E-state index in [1.807, 2.05) is 36.1 Å². The number of aromatic nitrogens is 4. The van der Waals surface area contributed by atoms with Crippen molar-refractivity contribution < 1.29 is 4.42 Å². The number of rotatable bonds is 3. The fourth-order valence-corrected chi connectivity index (χ4v) is 4.14. The number of imidazole rings is 1. The van der Waals surface area contributed by atoms with Crippen LogP contribution in [-0.4, -0.2) is 31.2 Å². The average molecular weight is 368 g/mol. The second-order valence-electron chi connectivity index (χ2n) is 6.62. The van der Waals surface area contributed by atoms with Gasteiger partial charge in [0.1, 0.15) is 5.58 Å². The molecule has 0 bridgehead atoms. The van der Waals surface area contributed by atoms with Gasteiger partial charge in [0.25, 0.3) is 0 Å². The Morgan fingerprint density at radius 2 is 2.19 bits per heavy atom. The number of para-hydroxylation sites is 1. The zero-order valence-electron chi connectivity index (χ0n) is 14.3. The predicted molar refractivity (Wildman–Crippen MR) is 99.0 cm³/mol. The normalized spacial score (nSPS) is 17.7. The lowest BCUT2D eigenvalue weighted by atomic mass is 9.98. The number of H-pyrrole nitrogens is 1. The van der Waals surface area contributed by atoms with Crippen molar-refractivity contribution in [3.05, 3.63) is 70.7 Å². The van der Waals surface area contributed by atoms with Crippen molar-refractivity contribution in [3.63, 3.8) is 0 Å². The molecule has 1 aliphatic heterocycles. The first-order valence-corrected chi connectivity index (χ1v) is 9.00. The Hall–Kier alpha value is -2.57. The maximum Gasteiger partial charge on any atom is 0.199 e. The van der Waals surface area contributed by atoms with E-state index >= 15 is 0 Å². The number of furan rings is 1. The van der Waals surface area contributed by atoms with Gasteiger partial charge in [0.05, 0.1) is 23.8 Å². The fraction of sp³-hybridized carbons (Fsp3) is 0.263. The van der Waals surface area contributed by atoms with Crippen molar-refractivity contribution in [2.24, 2.45) is 7.05 Å². The lowest BCUT2D eigenvalue weighted by molar-refractivity contribution is 0.193. The van der Waals surface area contributed by atoms with Gasteiger partial charge in [-0.3, -0.25) is 9.58 Å². The highest BCUT2D eigenvalue weighted by Crippen LogP contribution is 2.37. The molecule has 1 N–H and O–H groups in total.